The van der Waals surface area contributed by atoms with Gasteiger partial charge < -0.3 is 14.6 Å². The number of nitrogens with zero attached hydrogens (tertiary/aromatic N) is 2. The number of rotatable bonds is 7. The second-order valence-corrected chi connectivity index (χ2v) is 7.36. The van der Waals surface area contributed by atoms with E-state index in [0.717, 1.165) is 27.2 Å². The van der Waals surface area contributed by atoms with Crippen LogP contribution in [0, 0.1) is 13.8 Å². The van der Waals surface area contributed by atoms with Crippen molar-refractivity contribution >= 4 is 33.4 Å². The maximum Gasteiger partial charge on any atom is 0.238 e. The van der Waals surface area contributed by atoms with Crippen molar-refractivity contribution in [3.8, 4) is 0 Å². The van der Waals surface area contributed by atoms with Crippen LogP contribution in [0.3, 0.4) is 0 Å². The fourth-order valence-electron chi connectivity index (χ4n) is 2.50. The topological polar surface area (TPSA) is 65.8 Å². The molecular weight excluding hydrogens is 398 g/mol. The van der Waals surface area contributed by atoms with Crippen molar-refractivity contribution in [2.75, 3.05) is 32.5 Å². The Morgan fingerprint density at radius 3 is 2.46 bits per heavy atom. The normalized spacial score (nSPS) is 10.8. The van der Waals surface area contributed by atoms with Crippen LogP contribution in [0.2, 0.25) is 0 Å². The molecule has 0 aliphatic carbocycles. The van der Waals surface area contributed by atoms with Crippen LogP contribution < -0.4 is 5.32 Å². The van der Waals surface area contributed by atoms with Crippen LogP contribution >= 0.6 is 15.9 Å². The molecule has 1 aromatic heterocycles. The highest BCUT2D eigenvalue weighted by molar-refractivity contribution is 9.10. The van der Waals surface area contributed by atoms with Gasteiger partial charge in [0.15, 0.2) is 0 Å². The van der Waals surface area contributed by atoms with Gasteiger partial charge in [0.25, 0.3) is 0 Å². The van der Waals surface area contributed by atoms with Gasteiger partial charge >= 0.3 is 0 Å². The van der Waals surface area contributed by atoms with Gasteiger partial charge in [-0.15, -0.1) is 0 Å². The fraction of sp³-hybridized carbons (Fsp3) is 0.368. The lowest BCUT2D eigenvalue weighted by molar-refractivity contribution is -0.131. The van der Waals surface area contributed by atoms with Crippen molar-refractivity contribution in [3.05, 3.63) is 51.9 Å². The number of benzene rings is 1. The second-order valence-electron chi connectivity index (χ2n) is 6.44. The fourth-order valence-corrected chi connectivity index (χ4v) is 2.98. The highest BCUT2D eigenvalue weighted by atomic mass is 79.9. The lowest BCUT2D eigenvalue weighted by Gasteiger charge is -2.21. The molecule has 26 heavy (non-hydrogen) atoms. The van der Waals surface area contributed by atoms with E-state index in [9.17, 15) is 9.59 Å². The number of nitrogens with one attached hydrogen (secondary N) is 1. The van der Waals surface area contributed by atoms with E-state index in [1.165, 1.54) is 0 Å². The number of halogens is 1. The van der Waals surface area contributed by atoms with Gasteiger partial charge in [-0.1, -0.05) is 15.9 Å². The van der Waals surface area contributed by atoms with Crippen LogP contribution in [-0.4, -0.2) is 48.8 Å². The number of anilines is 1. The van der Waals surface area contributed by atoms with E-state index in [4.69, 9.17) is 4.42 Å². The molecule has 1 aromatic carbocycles. The average Bonchev–Trinajstić information content (AvgIpc) is 2.94. The van der Waals surface area contributed by atoms with E-state index < -0.39 is 0 Å². The lowest BCUT2D eigenvalue weighted by atomic mass is 10.2. The largest absolute Gasteiger partial charge is 0.464 e. The summed E-state index contributed by atoms with van der Waals surface area (Å²) in [4.78, 5) is 27.8. The SMILES string of the molecule is Cc1ccc(CN(C)C(=O)CN(C)CC(=O)Nc2ccc(Br)cc2C)o1. The molecule has 2 amide bonds. The number of hydrogen-bond acceptors (Lipinski definition) is 4. The molecule has 0 atom stereocenters. The molecule has 0 saturated heterocycles. The maximum absolute atomic E-state index is 12.3. The van der Waals surface area contributed by atoms with Crippen LogP contribution in [0.4, 0.5) is 5.69 Å². The summed E-state index contributed by atoms with van der Waals surface area (Å²) in [7, 11) is 3.47. The average molecular weight is 422 g/mol. The first-order valence-electron chi connectivity index (χ1n) is 8.28. The summed E-state index contributed by atoms with van der Waals surface area (Å²) in [5.41, 5.74) is 1.74. The van der Waals surface area contributed by atoms with Crippen molar-refractivity contribution in [3.63, 3.8) is 0 Å². The molecule has 0 bridgehead atoms. The van der Waals surface area contributed by atoms with Gasteiger partial charge in [-0.2, -0.15) is 0 Å². The number of likely N-dealkylation sites (N-methyl/N-ethyl adjacent to an activating group) is 2. The smallest absolute Gasteiger partial charge is 0.238 e. The zero-order chi connectivity index (χ0) is 19.3. The molecule has 7 heteroatoms. The van der Waals surface area contributed by atoms with E-state index in [1.807, 2.05) is 44.2 Å². The number of hydrogen-bond donors (Lipinski definition) is 1. The Labute approximate surface area is 162 Å². The van der Waals surface area contributed by atoms with Crippen molar-refractivity contribution in [1.82, 2.24) is 9.80 Å². The number of amides is 2. The van der Waals surface area contributed by atoms with Gasteiger partial charge in [-0.3, -0.25) is 14.5 Å². The molecule has 2 rings (SSSR count). The molecule has 0 fully saturated rings. The molecule has 0 unspecified atom stereocenters. The Morgan fingerprint density at radius 2 is 1.85 bits per heavy atom. The predicted octanol–water partition coefficient (Wildman–Crippen LogP) is 3.19. The van der Waals surface area contributed by atoms with E-state index in [2.05, 4.69) is 21.2 Å². The molecule has 1 N–H and O–H groups in total. The van der Waals surface area contributed by atoms with Crippen LogP contribution in [0.1, 0.15) is 17.1 Å². The summed E-state index contributed by atoms with van der Waals surface area (Å²) in [5.74, 6) is 1.33. The Balaban J connectivity index is 1.81. The van der Waals surface area contributed by atoms with Crippen LogP contribution in [-0.2, 0) is 16.1 Å². The first-order valence-corrected chi connectivity index (χ1v) is 9.07. The summed E-state index contributed by atoms with van der Waals surface area (Å²) in [6.45, 7) is 4.49. The molecule has 0 aliphatic rings. The summed E-state index contributed by atoms with van der Waals surface area (Å²) in [6.07, 6.45) is 0. The second kappa shape index (κ2) is 9.00. The third-order valence-corrected chi connectivity index (χ3v) is 4.39. The Morgan fingerprint density at radius 1 is 1.12 bits per heavy atom. The van der Waals surface area contributed by atoms with E-state index in [0.29, 0.717) is 6.54 Å². The Hall–Kier alpha value is -2.12. The summed E-state index contributed by atoms with van der Waals surface area (Å²) < 4.78 is 6.45. The predicted molar refractivity (Wildman–Crippen MR) is 105 cm³/mol. The molecule has 140 valence electrons. The van der Waals surface area contributed by atoms with Crippen LogP contribution in [0.25, 0.3) is 0 Å². The third-order valence-electron chi connectivity index (χ3n) is 3.90. The minimum atomic E-state index is -0.157. The Kier molecular flexibility index (Phi) is 6.99. The van der Waals surface area contributed by atoms with E-state index >= 15 is 0 Å². The van der Waals surface area contributed by atoms with Gasteiger partial charge in [0.2, 0.25) is 11.8 Å². The van der Waals surface area contributed by atoms with Crippen molar-refractivity contribution in [2.24, 2.45) is 0 Å². The van der Waals surface area contributed by atoms with Crippen LogP contribution in [0.15, 0.2) is 39.2 Å². The van der Waals surface area contributed by atoms with Crippen LogP contribution in [0.5, 0.6) is 0 Å². The van der Waals surface area contributed by atoms with Gasteiger partial charge in [-0.05, 0) is 56.8 Å². The zero-order valence-corrected chi connectivity index (χ0v) is 17.1. The van der Waals surface area contributed by atoms with Crippen molar-refractivity contribution in [1.29, 1.82) is 0 Å². The standard InChI is InChI=1S/C19H24BrN3O3/c1-13-9-15(20)6-8-17(13)21-18(24)11-22(3)12-19(25)23(4)10-16-7-5-14(2)26-16/h5-9H,10-12H2,1-4H3,(H,21,24). The van der Waals surface area contributed by atoms with E-state index in [1.54, 1.807) is 23.9 Å². The minimum Gasteiger partial charge on any atom is -0.464 e. The molecule has 1 heterocycles. The zero-order valence-electron chi connectivity index (χ0n) is 15.5. The monoisotopic (exact) mass is 421 g/mol. The van der Waals surface area contributed by atoms with Gasteiger partial charge in [0, 0.05) is 17.2 Å². The first kappa shape index (κ1) is 20.2. The summed E-state index contributed by atoms with van der Waals surface area (Å²) in [6, 6.07) is 9.39. The number of aryl methyl sites for hydroxylation is 2. The van der Waals surface area contributed by atoms with Gasteiger partial charge in [0.1, 0.15) is 11.5 Å². The van der Waals surface area contributed by atoms with Gasteiger partial charge in [-0.25, -0.2) is 0 Å². The number of carbonyl (C=O) groups excluding carboxylic acids is 2. The molecule has 0 aliphatic heterocycles. The first-order chi connectivity index (χ1) is 12.2. The lowest BCUT2D eigenvalue weighted by Crippen LogP contribution is -2.39. The molecule has 2 aromatic rings. The number of furan rings is 1. The summed E-state index contributed by atoms with van der Waals surface area (Å²) >= 11 is 3.40. The third kappa shape index (κ3) is 6.00. The number of carbonyl (C=O) groups is 2. The Bertz CT molecular complexity index is 788. The molecule has 6 nitrogen and oxygen atoms in total. The molecular formula is C19H24BrN3O3. The molecule has 0 saturated carbocycles. The van der Waals surface area contributed by atoms with E-state index in [-0.39, 0.29) is 24.9 Å². The molecule has 0 radical (unpaired) electrons. The van der Waals surface area contributed by atoms with Crippen molar-refractivity contribution < 1.29 is 14.0 Å². The molecule has 0 spiro atoms. The quantitative estimate of drug-likeness (QED) is 0.745. The minimum absolute atomic E-state index is 0.0748. The summed E-state index contributed by atoms with van der Waals surface area (Å²) in [5, 5.41) is 2.87. The highest BCUT2D eigenvalue weighted by Crippen LogP contribution is 2.19. The van der Waals surface area contributed by atoms with Gasteiger partial charge in [0.05, 0.1) is 19.6 Å². The highest BCUT2D eigenvalue weighted by Gasteiger charge is 2.16. The van der Waals surface area contributed by atoms with Crippen molar-refractivity contribution in [2.45, 2.75) is 20.4 Å². The maximum atomic E-state index is 12.3.